The van der Waals surface area contributed by atoms with Gasteiger partial charge >= 0.3 is 0 Å². The normalized spacial score (nSPS) is 15.5. The van der Waals surface area contributed by atoms with Gasteiger partial charge in [-0.2, -0.15) is 0 Å². The summed E-state index contributed by atoms with van der Waals surface area (Å²) in [6, 6.07) is 8.38. The van der Waals surface area contributed by atoms with Crippen LogP contribution in [-0.2, 0) is 11.2 Å². The van der Waals surface area contributed by atoms with Crippen molar-refractivity contribution in [2.24, 2.45) is 4.99 Å². The summed E-state index contributed by atoms with van der Waals surface area (Å²) < 4.78 is 5.13. The Balaban J connectivity index is 2.05. The summed E-state index contributed by atoms with van der Waals surface area (Å²) in [5, 5.41) is 3.45. The molecule has 1 heterocycles. The van der Waals surface area contributed by atoms with E-state index in [0.717, 1.165) is 31.8 Å². The number of methoxy groups -OCH3 is 1. The van der Waals surface area contributed by atoms with Gasteiger partial charge in [-0.15, -0.1) is 0 Å². The van der Waals surface area contributed by atoms with Crippen molar-refractivity contribution in [3.8, 4) is 0 Å². The Morgan fingerprint density at radius 3 is 2.94 bits per heavy atom. The molecule has 0 aromatic heterocycles. The lowest BCUT2D eigenvalue weighted by atomic mass is 10.1. The van der Waals surface area contributed by atoms with Crippen LogP contribution in [0.4, 0.5) is 5.69 Å². The van der Waals surface area contributed by atoms with Gasteiger partial charge in [0.1, 0.15) is 5.84 Å². The number of ether oxygens (including phenoxy) is 1. The van der Waals surface area contributed by atoms with E-state index in [2.05, 4.69) is 34.6 Å². The van der Waals surface area contributed by atoms with Gasteiger partial charge in [-0.25, -0.2) is 0 Å². The zero-order valence-corrected chi connectivity index (χ0v) is 10.4. The average Bonchev–Trinajstić information content (AvgIpc) is 2.39. The number of amidine groups is 1. The van der Waals surface area contributed by atoms with Crippen LogP contribution in [-0.4, -0.2) is 26.1 Å². The zero-order valence-electron chi connectivity index (χ0n) is 10.4. The number of nitrogens with zero attached hydrogens (tertiary/aromatic N) is 1. The van der Waals surface area contributed by atoms with Crippen LogP contribution in [0, 0.1) is 0 Å². The van der Waals surface area contributed by atoms with Gasteiger partial charge in [0.2, 0.25) is 0 Å². The molecular weight excluding hydrogens is 212 g/mol. The van der Waals surface area contributed by atoms with Gasteiger partial charge in [-0.05, 0) is 30.9 Å². The Bertz CT molecular complexity index is 388. The largest absolute Gasteiger partial charge is 0.384 e. The van der Waals surface area contributed by atoms with Gasteiger partial charge in [-0.1, -0.05) is 18.2 Å². The highest BCUT2D eigenvalue weighted by atomic mass is 16.5. The van der Waals surface area contributed by atoms with Crippen LogP contribution in [0.1, 0.15) is 24.8 Å². The Labute approximate surface area is 103 Å². The van der Waals surface area contributed by atoms with E-state index in [1.807, 2.05) is 0 Å². The summed E-state index contributed by atoms with van der Waals surface area (Å²) in [5.41, 5.74) is 2.47. The van der Waals surface area contributed by atoms with E-state index in [0.29, 0.717) is 0 Å². The van der Waals surface area contributed by atoms with Crippen molar-refractivity contribution in [3.63, 3.8) is 0 Å². The summed E-state index contributed by atoms with van der Waals surface area (Å²) in [6.07, 6.45) is 4.47. The lowest BCUT2D eigenvalue weighted by Gasteiger charge is -2.16. The first-order valence-electron chi connectivity index (χ1n) is 6.27. The third-order valence-electron chi connectivity index (χ3n) is 3.00. The molecule has 0 radical (unpaired) electrons. The maximum absolute atomic E-state index is 5.13. The zero-order chi connectivity index (χ0) is 11.9. The average molecular weight is 232 g/mol. The van der Waals surface area contributed by atoms with Crippen molar-refractivity contribution >= 4 is 11.5 Å². The van der Waals surface area contributed by atoms with Crippen LogP contribution in [0.5, 0.6) is 0 Å². The second-order valence-corrected chi connectivity index (χ2v) is 4.31. The minimum absolute atomic E-state index is 0.755. The first-order chi connectivity index (χ1) is 8.40. The third-order valence-corrected chi connectivity index (χ3v) is 3.00. The number of anilines is 1. The molecule has 0 unspecified atom stereocenters. The predicted molar refractivity (Wildman–Crippen MR) is 71.8 cm³/mol. The second kappa shape index (κ2) is 6.40. The van der Waals surface area contributed by atoms with Gasteiger partial charge in [0.15, 0.2) is 0 Å². The van der Waals surface area contributed by atoms with Crippen molar-refractivity contribution in [2.45, 2.75) is 25.7 Å². The van der Waals surface area contributed by atoms with E-state index >= 15 is 0 Å². The van der Waals surface area contributed by atoms with E-state index in [9.17, 15) is 0 Å². The first kappa shape index (κ1) is 12.1. The molecule has 0 aliphatic carbocycles. The third kappa shape index (κ3) is 3.56. The molecule has 17 heavy (non-hydrogen) atoms. The number of hydrogen-bond donors (Lipinski definition) is 1. The molecular formula is C14H20N2O. The maximum atomic E-state index is 5.13. The molecule has 0 amide bonds. The van der Waals surface area contributed by atoms with Crippen LogP contribution in [0.15, 0.2) is 29.3 Å². The quantitative estimate of drug-likeness (QED) is 0.866. The molecule has 1 aromatic carbocycles. The number of nitrogens with one attached hydrogen (secondary N) is 1. The SMILES string of the molecule is COCCc1ccccc1NC1=NCCCC1. The molecule has 0 saturated heterocycles. The Morgan fingerprint density at radius 1 is 1.29 bits per heavy atom. The molecule has 2 rings (SSSR count). The predicted octanol–water partition coefficient (Wildman–Crippen LogP) is 2.87. The molecule has 0 atom stereocenters. The van der Waals surface area contributed by atoms with Crippen LogP contribution in [0.3, 0.4) is 0 Å². The molecule has 0 saturated carbocycles. The number of hydrogen-bond acceptors (Lipinski definition) is 3. The smallest absolute Gasteiger partial charge is 0.101 e. The van der Waals surface area contributed by atoms with E-state index in [4.69, 9.17) is 4.74 Å². The molecule has 3 heteroatoms. The molecule has 0 bridgehead atoms. The van der Waals surface area contributed by atoms with Crippen molar-refractivity contribution in [1.82, 2.24) is 0 Å². The van der Waals surface area contributed by atoms with Crippen LogP contribution in [0.25, 0.3) is 0 Å². The second-order valence-electron chi connectivity index (χ2n) is 4.31. The Morgan fingerprint density at radius 2 is 2.18 bits per heavy atom. The number of para-hydroxylation sites is 1. The van der Waals surface area contributed by atoms with E-state index in [1.165, 1.54) is 24.1 Å². The maximum Gasteiger partial charge on any atom is 0.101 e. The fraction of sp³-hybridized carbons (Fsp3) is 0.500. The molecule has 1 aliphatic rings. The number of aliphatic imine (C=N–C) groups is 1. The summed E-state index contributed by atoms with van der Waals surface area (Å²) in [5.74, 6) is 1.13. The van der Waals surface area contributed by atoms with Crippen LogP contribution in [0.2, 0.25) is 0 Å². The summed E-state index contributed by atoms with van der Waals surface area (Å²) in [6.45, 7) is 1.72. The van der Waals surface area contributed by atoms with Crippen molar-refractivity contribution in [3.05, 3.63) is 29.8 Å². The minimum Gasteiger partial charge on any atom is -0.384 e. The summed E-state index contributed by atoms with van der Waals surface area (Å²) in [7, 11) is 1.74. The minimum atomic E-state index is 0.755. The molecule has 3 nitrogen and oxygen atoms in total. The standard InChI is InChI=1S/C14H20N2O/c1-17-11-9-12-6-2-3-7-13(12)16-14-8-4-5-10-15-14/h2-3,6-7H,4-5,8-11H2,1H3,(H,15,16). The van der Waals surface area contributed by atoms with Gasteiger partial charge in [0.25, 0.3) is 0 Å². The van der Waals surface area contributed by atoms with Gasteiger partial charge in [0.05, 0.1) is 6.61 Å². The van der Waals surface area contributed by atoms with Crippen LogP contribution < -0.4 is 5.32 Å². The Hall–Kier alpha value is -1.35. The van der Waals surface area contributed by atoms with Crippen LogP contribution >= 0.6 is 0 Å². The monoisotopic (exact) mass is 232 g/mol. The molecule has 1 N–H and O–H groups in total. The lowest BCUT2D eigenvalue weighted by molar-refractivity contribution is 0.202. The van der Waals surface area contributed by atoms with E-state index < -0.39 is 0 Å². The topological polar surface area (TPSA) is 33.6 Å². The summed E-state index contributed by atoms with van der Waals surface area (Å²) in [4.78, 5) is 4.52. The van der Waals surface area contributed by atoms with Crippen molar-refractivity contribution < 1.29 is 4.74 Å². The Kier molecular flexibility index (Phi) is 4.56. The van der Waals surface area contributed by atoms with Crippen molar-refractivity contribution in [1.29, 1.82) is 0 Å². The molecule has 0 spiro atoms. The number of benzene rings is 1. The highest BCUT2D eigenvalue weighted by Gasteiger charge is 2.07. The van der Waals surface area contributed by atoms with Gasteiger partial charge in [-0.3, -0.25) is 4.99 Å². The van der Waals surface area contributed by atoms with Gasteiger partial charge in [0, 0.05) is 25.8 Å². The van der Waals surface area contributed by atoms with Gasteiger partial charge < -0.3 is 10.1 Å². The number of rotatable bonds is 4. The highest BCUT2D eigenvalue weighted by Crippen LogP contribution is 2.17. The lowest BCUT2D eigenvalue weighted by Crippen LogP contribution is -2.17. The molecule has 92 valence electrons. The van der Waals surface area contributed by atoms with E-state index in [-0.39, 0.29) is 0 Å². The molecule has 0 fully saturated rings. The van der Waals surface area contributed by atoms with Crippen molar-refractivity contribution in [2.75, 3.05) is 25.6 Å². The molecule has 1 aliphatic heterocycles. The fourth-order valence-electron chi connectivity index (χ4n) is 2.03. The highest BCUT2D eigenvalue weighted by molar-refractivity contribution is 5.96. The van der Waals surface area contributed by atoms with E-state index in [1.54, 1.807) is 7.11 Å². The molecule has 1 aromatic rings. The first-order valence-corrected chi connectivity index (χ1v) is 6.27. The fourth-order valence-corrected chi connectivity index (χ4v) is 2.03. The summed E-state index contributed by atoms with van der Waals surface area (Å²) >= 11 is 0.